The van der Waals surface area contributed by atoms with Crippen molar-refractivity contribution < 1.29 is 14.3 Å². The van der Waals surface area contributed by atoms with E-state index in [0.29, 0.717) is 22.7 Å². The maximum Gasteiger partial charge on any atom is 0.257 e. The van der Waals surface area contributed by atoms with Gasteiger partial charge in [0.25, 0.3) is 5.91 Å². The SMILES string of the molecule is COc1cccc(NC(=O)c2ccccc2NC(=O)/C=C/c2cnn(-c3ccccc3)c2)c1. The van der Waals surface area contributed by atoms with Crippen LogP contribution in [0.25, 0.3) is 11.8 Å². The van der Waals surface area contributed by atoms with Crippen molar-refractivity contribution in [1.29, 1.82) is 0 Å². The van der Waals surface area contributed by atoms with Gasteiger partial charge in [-0.1, -0.05) is 36.4 Å². The lowest BCUT2D eigenvalue weighted by atomic mass is 10.1. The summed E-state index contributed by atoms with van der Waals surface area (Å²) in [7, 11) is 1.56. The van der Waals surface area contributed by atoms with Gasteiger partial charge in [0, 0.05) is 29.6 Å². The summed E-state index contributed by atoms with van der Waals surface area (Å²) in [6.45, 7) is 0. The molecule has 7 nitrogen and oxygen atoms in total. The average molecular weight is 438 g/mol. The highest BCUT2D eigenvalue weighted by atomic mass is 16.5. The lowest BCUT2D eigenvalue weighted by Crippen LogP contribution is -2.17. The molecule has 0 aliphatic rings. The molecule has 0 spiro atoms. The van der Waals surface area contributed by atoms with Gasteiger partial charge in [0.05, 0.1) is 30.2 Å². The quantitative estimate of drug-likeness (QED) is 0.407. The maximum absolute atomic E-state index is 12.8. The first-order valence-electron chi connectivity index (χ1n) is 10.3. The topological polar surface area (TPSA) is 85.2 Å². The summed E-state index contributed by atoms with van der Waals surface area (Å²) in [6.07, 6.45) is 6.57. The Morgan fingerprint density at radius 3 is 2.55 bits per heavy atom. The number of nitrogens with one attached hydrogen (secondary N) is 2. The number of carbonyl (C=O) groups excluding carboxylic acids is 2. The fourth-order valence-electron chi connectivity index (χ4n) is 3.18. The van der Waals surface area contributed by atoms with E-state index in [2.05, 4.69) is 15.7 Å². The summed E-state index contributed by atoms with van der Waals surface area (Å²) in [6, 6.07) is 23.6. The van der Waals surface area contributed by atoms with Crippen LogP contribution in [0.5, 0.6) is 5.75 Å². The van der Waals surface area contributed by atoms with Gasteiger partial charge in [-0.05, 0) is 42.5 Å². The van der Waals surface area contributed by atoms with Crippen LogP contribution in [0.3, 0.4) is 0 Å². The van der Waals surface area contributed by atoms with Crippen LogP contribution < -0.4 is 15.4 Å². The van der Waals surface area contributed by atoms with Crippen LogP contribution in [0.4, 0.5) is 11.4 Å². The Kier molecular flexibility index (Phi) is 6.61. The second-order valence-electron chi connectivity index (χ2n) is 7.11. The van der Waals surface area contributed by atoms with Gasteiger partial charge in [0.1, 0.15) is 5.75 Å². The van der Waals surface area contributed by atoms with Gasteiger partial charge in [-0.15, -0.1) is 0 Å². The van der Waals surface area contributed by atoms with Crippen molar-refractivity contribution in [3.63, 3.8) is 0 Å². The molecule has 0 atom stereocenters. The van der Waals surface area contributed by atoms with Gasteiger partial charge in [-0.25, -0.2) is 4.68 Å². The average Bonchev–Trinajstić information content (AvgIpc) is 3.33. The van der Waals surface area contributed by atoms with Gasteiger partial charge in [0.15, 0.2) is 0 Å². The zero-order valence-corrected chi connectivity index (χ0v) is 17.9. The Morgan fingerprint density at radius 1 is 0.939 bits per heavy atom. The number of aromatic nitrogens is 2. The number of nitrogens with zero attached hydrogens (tertiary/aromatic N) is 2. The van der Waals surface area contributed by atoms with E-state index in [1.165, 1.54) is 6.08 Å². The predicted octanol–water partition coefficient (Wildman–Crippen LogP) is 4.79. The van der Waals surface area contributed by atoms with Gasteiger partial charge < -0.3 is 15.4 Å². The molecule has 0 fully saturated rings. The maximum atomic E-state index is 12.8. The molecule has 2 amide bonds. The normalized spacial score (nSPS) is 10.7. The number of methoxy groups -OCH3 is 1. The third-order valence-electron chi connectivity index (χ3n) is 4.81. The van der Waals surface area contributed by atoms with Crippen LogP contribution >= 0.6 is 0 Å². The highest BCUT2D eigenvalue weighted by Gasteiger charge is 2.13. The zero-order valence-electron chi connectivity index (χ0n) is 17.9. The molecule has 164 valence electrons. The first kappa shape index (κ1) is 21.6. The first-order valence-corrected chi connectivity index (χ1v) is 10.3. The summed E-state index contributed by atoms with van der Waals surface area (Å²) in [4.78, 5) is 25.3. The smallest absolute Gasteiger partial charge is 0.257 e. The number of anilines is 2. The van der Waals surface area contributed by atoms with Crippen molar-refractivity contribution >= 4 is 29.3 Å². The Morgan fingerprint density at radius 2 is 1.73 bits per heavy atom. The molecule has 4 aromatic rings. The Labute approximate surface area is 191 Å². The van der Waals surface area contributed by atoms with E-state index in [4.69, 9.17) is 4.74 Å². The minimum absolute atomic E-state index is 0.340. The van der Waals surface area contributed by atoms with E-state index in [9.17, 15) is 9.59 Å². The standard InChI is InChI=1S/C26H22N4O3/c1-33-22-11-7-8-20(16-22)28-26(32)23-12-5-6-13-24(23)29-25(31)15-14-19-17-27-30(18-19)21-9-3-2-4-10-21/h2-18H,1H3,(H,28,32)(H,29,31)/b15-14+. The van der Waals surface area contributed by atoms with Crippen LogP contribution in [0.2, 0.25) is 0 Å². The molecule has 0 aliphatic heterocycles. The molecule has 0 saturated carbocycles. The predicted molar refractivity (Wildman–Crippen MR) is 129 cm³/mol. The molecule has 4 rings (SSSR count). The number of amides is 2. The van der Waals surface area contributed by atoms with Gasteiger partial charge in [-0.2, -0.15) is 5.10 Å². The van der Waals surface area contributed by atoms with E-state index in [1.807, 2.05) is 36.5 Å². The third kappa shape index (κ3) is 5.54. The number of carbonyl (C=O) groups is 2. The van der Waals surface area contributed by atoms with Gasteiger partial charge in [-0.3, -0.25) is 9.59 Å². The first-order chi connectivity index (χ1) is 16.1. The molecule has 0 aliphatic carbocycles. The zero-order chi connectivity index (χ0) is 23.0. The minimum atomic E-state index is -0.357. The summed E-state index contributed by atoms with van der Waals surface area (Å²) < 4.78 is 6.92. The van der Waals surface area contributed by atoms with Crippen molar-refractivity contribution in [2.24, 2.45) is 0 Å². The van der Waals surface area contributed by atoms with Crippen LogP contribution in [-0.2, 0) is 4.79 Å². The van der Waals surface area contributed by atoms with Crippen LogP contribution in [0.15, 0.2) is 97.3 Å². The van der Waals surface area contributed by atoms with Crippen LogP contribution in [0, 0.1) is 0 Å². The summed E-state index contributed by atoms with van der Waals surface area (Å²) in [5.74, 6) is -0.0635. The summed E-state index contributed by atoms with van der Waals surface area (Å²) >= 11 is 0. The lowest BCUT2D eigenvalue weighted by Gasteiger charge is -2.11. The van der Waals surface area contributed by atoms with Crippen molar-refractivity contribution in [3.8, 4) is 11.4 Å². The number of para-hydroxylation sites is 2. The molecule has 0 radical (unpaired) electrons. The highest BCUT2D eigenvalue weighted by molar-refractivity contribution is 6.11. The van der Waals surface area contributed by atoms with Gasteiger partial charge in [0.2, 0.25) is 5.91 Å². The number of hydrogen-bond donors (Lipinski definition) is 2. The molecule has 33 heavy (non-hydrogen) atoms. The minimum Gasteiger partial charge on any atom is -0.497 e. The molecule has 0 bridgehead atoms. The van der Waals surface area contributed by atoms with Crippen LogP contribution in [0.1, 0.15) is 15.9 Å². The number of rotatable bonds is 7. The van der Waals surface area contributed by atoms with E-state index in [0.717, 1.165) is 11.3 Å². The number of ether oxygens (including phenoxy) is 1. The van der Waals surface area contributed by atoms with Crippen molar-refractivity contribution in [2.75, 3.05) is 17.7 Å². The second kappa shape index (κ2) is 10.1. The Balaban J connectivity index is 1.43. The van der Waals surface area contributed by atoms with Gasteiger partial charge >= 0.3 is 0 Å². The van der Waals surface area contributed by atoms with E-state index >= 15 is 0 Å². The van der Waals surface area contributed by atoms with E-state index in [1.54, 1.807) is 72.6 Å². The molecule has 1 heterocycles. The van der Waals surface area contributed by atoms with Crippen molar-refractivity contribution in [2.45, 2.75) is 0 Å². The van der Waals surface area contributed by atoms with Crippen LogP contribution in [-0.4, -0.2) is 28.7 Å². The van der Waals surface area contributed by atoms with Crippen molar-refractivity contribution in [3.05, 3.63) is 108 Å². The molecular weight excluding hydrogens is 416 g/mol. The van der Waals surface area contributed by atoms with Crippen molar-refractivity contribution in [1.82, 2.24) is 9.78 Å². The molecule has 2 N–H and O–H groups in total. The molecule has 3 aromatic carbocycles. The van der Waals surface area contributed by atoms with E-state index in [-0.39, 0.29) is 11.8 Å². The second-order valence-corrected chi connectivity index (χ2v) is 7.11. The lowest BCUT2D eigenvalue weighted by molar-refractivity contribution is -0.111. The largest absolute Gasteiger partial charge is 0.497 e. The Bertz CT molecular complexity index is 1300. The molecule has 0 unspecified atom stereocenters. The summed E-state index contributed by atoms with van der Waals surface area (Å²) in [5.41, 5.74) is 3.05. The van der Waals surface area contributed by atoms with E-state index < -0.39 is 0 Å². The Hall–Kier alpha value is -4.65. The molecule has 7 heteroatoms. The molecule has 1 aromatic heterocycles. The fraction of sp³-hybridized carbons (Fsp3) is 0.0385. The highest BCUT2D eigenvalue weighted by Crippen LogP contribution is 2.20. The number of benzene rings is 3. The summed E-state index contributed by atoms with van der Waals surface area (Å²) in [5, 5.41) is 9.90. The monoisotopic (exact) mass is 438 g/mol. The third-order valence-corrected chi connectivity index (χ3v) is 4.81. The number of hydrogen-bond acceptors (Lipinski definition) is 4. The molecular formula is C26H22N4O3. The molecule has 0 saturated heterocycles. The fourth-order valence-corrected chi connectivity index (χ4v) is 3.18.